The van der Waals surface area contributed by atoms with E-state index in [0.717, 1.165) is 0 Å². The number of carbonyl (C=O) groups is 1. The van der Waals surface area contributed by atoms with Crippen molar-refractivity contribution in [1.29, 1.82) is 0 Å². The van der Waals surface area contributed by atoms with Gasteiger partial charge in [-0.25, -0.2) is 4.79 Å². The second-order valence-corrected chi connectivity index (χ2v) is 8.05. The molecule has 1 N–H and O–H groups in total. The summed E-state index contributed by atoms with van der Waals surface area (Å²) in [5.74, 6) is 0.0366. The van der Waals surface area contributed by atoms with Crippen molar-refractivity contribution in [2.75, 3.05) is 27.9 Å². The summed E-state index contributed by atoms with van der Waals surface area (Å²) in [6.45, 7) is 4.93. The van der Waals surface area contributed by atoms with Crippen molar-refractivity contribution in [3.05, 3.63) is 40.6 Å². The van der Waals surface area contributed by atoms with Gasteiger partial charge >= 0.3 is 5.97 Å². The van der Waals surface area contributed by atoms with E-state index < -0.39 is 23.6 Å². The third-order valence-corrected chi connectivity index (χ3v) is 4.52. The van der Waals surface area contributed by atoms with E-state index >= 15 is 0 Å². The van der Waals surface area contributed by atoms with E-state index in [1.807, 2.05) is 20.8 Å². The highest BCUT2D eigenvalue weighted by Crippen LogP contribution is 2.39. The molecule has 1 heterocycles. The fourth-order valence-electron chi connectivity index (χ4n) is 3.25. The molecule has 0 aliphatic rings. The molecule has 3 aromatic rings. The summed E-state index contributed by atoms with van der Waals surface area (Å²) < 4.78 is 33.4. The molecule has 176 valence electrons. The van der Waals surface area contributed by atoms with Crippen LogP contribution in [0.3, 0.4) is 0 Å². The molecule has 0 fully saturated rings. The minimum absolute atomic E-state index is 0.0321. The molecule has 1 aromatic heterocycles. The van der Waals surface area contributed by atoms with Crippen molar-refractivity contribution >= 4 is 16.9 Å². The van der Waals surface area contributed by atoms with Crippen molar-refractivity contribution < 1.29 is 38.0 Å². The van der Waals surface area contributed by atoms with E-state index in [0.29, 0.717) is 22.8 Å². The summed E-state index contributed by atoms with van der Waals surface area (Å²) in [4.78, 5) is 24.6. The van der Waals surface area contributed by atoms with Gasteiger partial charge in [0.25, 0.3) is 0 Å². The molecular formula is C24H26O9. The number of hydrogen-bond acceptors (Lipinski definition) is 8. The first-order valence-corrected chi connectivity index (χ1v) is 10.0. The Kier molecular flexibility index (Phi) is 6.71. The van der Waals surface area contributed by atoms with Gasteiger partial charge in [0.1, 0.15) is 28.1 Å². The molecule has 0 atom stereocenters. The molecule has 9 nitrogen and oxygen atoms in total. The maximum atomic E-state index is 13.4. The summed E-state index contributed by atoms with van der Waals surface area (Å²) in [6.07, 6.45) is 0. The van der Waals surface area contributed by atoms with Crippen LogP contribution >= 0.6 is 0 Å². The fourth-order valence-corrected chi connectivity index (χ4v) is 3.25. The number of aliphatic carboxylic acids is 1. The minimum Gasteiger partial charge on any atom is -0.496 e. The fraction of sp³-hybridized carbons (Fsp3) is 0.333. The monoisotopic (exact) mass is 458 g/mol. The van der Waals surface area contributed by atoms with E-state index in [1.165, 1.54) is 21.3 Å². The van der Waals surface area contributed by atoms with Crippen LogP contribution in [-0.4, -0.2) is 44.6 Å². The zero-order valence-corrected chi connectivity index (χ0v) is 19.3. The van der Waals surface area contributed by atoms with Crippen LogP contribution in [0.15, 0.2) is 39.5 Å². The average Bonchev–Trinajstić information content (AvgIpc) is 2.75. The maximum absolute atomic E-state index is 13.4. The highest BCUT2D eigenvalue weighted by atomic mass is 16.5. The Morgan fingerprint density at radius 2 is 1.64 bits per heavy atom. The van der Waals surface area contributed by atoms with Crippen molar-refractivity contribution in [1.82, 2.24) is 0 Å². The van der Waals surface area contributed by atoms with Gasteiger partial charge in [0.15, 0.2) is 23.9 Å². The number of benzene rings is 2. The zero-order valence-electron chi connectivity index (χ0n) is 19.3. The van der Waals surface area contributed by atoms with Crippen molar-refractivity contribution in [2.24, 2.45) is 0 Å². The predicted octanol–water partition coefficient (Wildman–Crippen LogP) is 4.13. The maximum Gasteiger partial charge on any atom is 0.341 e. The number of ether oxygens (including phenoxy) is 5. The standard InChI is InChI=1S/C24H26O9/c1-24(2,3)33-14-10-17(30-6)20-18(11-14)32-22(23(21(20)27)31-12-19(25)26)13-7-8-15(28-4)16(9-13)29-5/h7-11H,12H2,1-6H3,(H,25,26). The van der Waals surface area contributed by atoms with Gasteiger partial charge in [-0.3, -0.25) is 4.79 Å². The van der Waals surface area contributed by atoms with Crippen LogP contribution in [0, 0.1) is 0 Å². The molecule has 0 amide bonds. The Bertz CT molecular complexity index is 1240. The van der Waals surface area contributed by atoms with Crippen LogP contribution in [0.2, 0.25) is 0 Å². The molecule has 0 saturated heterocycles. The smallest absolute Gasteiger partial charge is 0.341 e. The summed E-state index contributed by atoms with van der Waals surface area (Å²) in [5, 5.41) is 9.20. The predicted molar refractivity (Wildman–Crippen MR) is 121 cm³/mol. The van der Waals surface area contributed by atoms with Gasteiger partial charge in [0.05, 0.1) is 21.3 Å². The summed E-state index contributed by atoms with van der Waals surface area (Å²) >= 11 is 0. The minimum atomic E-state index is -1.24. The molecule has 0 radical (unpaired) electrons. The van der Waals surface area contributed by atoms with Gasteiger partial charge in [0, 0.05) is 17.7 Å². The van der Waals surface area contributed by atoms with Crippen LogP contribution in [0.5, 0.6) is 28.7 Å². The van der Waals surface area contributed by atoms with Crippen LogP contribution < -0.4 is 29.1 Å². The highest BCUT2D eigenvalue weighted by molar-refractivity contribution is 5.89. The lowest BCUT2D eigenvalue weighted by atomic mass is 10.1. The Hall–Kier alpha value is -3.88. The molecule has 9 heteroatoms. The van der Waals surface area contributed by atoms with Crippen molar-refractivity contribution in [3.8, 4) is 40.1 Å². The van der Waals surface area contributed by atoms with Crippen LogP contribution in [0.25, 0.3) is 22.3 Å². The first-order valence-electron chi connectivity index (χ1n) is 10.0. The number of hydrogen-bond donors (Lipinski definition) is 1. The first kappa shape index (κ1) is 23.8. The number of carboxylic acids is 1. The van der Waals surface area contributed by atoms with Crippen LogP contribution in [-0.2, 0) is 4.79 Å². The Labute approximate surface area is 190 Å². The van der Waals surface area contributed by atoms with Gasteiger partial charge in [0.2, 0.25) is 11.2 Å². The molecule has 2 aromatic carbocycles. The summed E-state index contributed by atoms with van der Waals surface area (Å²) in [7, 11) is 4.38. The molecule has 0 aliphatic carbocycles. The van der Waals surface area contributed by atoms with E-state index in [-0.39, 0.29) is 28.2 Å². The van der Waals surface area contributed by atoms with E-state index in [9.17, 15) is 9.59 Å². The largest absolute Gasteiger partial charge is 0.496 e. The lowest BCUT2D eigenvalue weighted by molar-refractivity contribution is -0.139. The Morgan fingerprint density at radius 1 is 0.970 bits per heavy atom. The normalized spacial score (nSPS) is 11.2. The first-order chi connectivity index (χ1) is 15.6. The van der Waals surface area contributed by atoms with E-state index in [2.05, 4.69) is 0 Å². The number of methoxy groups -OCH3 is 3. The zero-order chi connectivity index (χ0) is 24.3. The molecule has 3 rings (SSSR count). The average molecular weight is 458 g/mol. The van der Waals surface area contributed by atoms with Gasteiger partial charge < -0.3 is 33.2 Å². The topological polar surface area (TPSA) is 114 Å². The van der Waals surface area contributed by atoms with E-state index in [4.69, 9.17) is 33.2 Å². The van der Waals surface area contributed by atoms with Crippen molar-refractivity contribution in [3.63, 3.8) is 0 Å². The van der Waals surface area contributed by atoms with E-state index in [1.54, 1.807) is 30.3 Å². The highest BCUT2D eigenvalue weighted by Gasteiger charge is 2.24. The second kappa shape index (κ2) is 9.32. The molecule has 0 bridgehead atoms. The molecule has 0 aliphatic heterocycles. The summed E-state index contributed by atoms with van der Waals surface area (Å²) in [6, 6.07) is 8.03. The quantitative estimate of drug-likeness (QED) is 0.532. The third kappa shape index (κ3) is 5.14. The van der Waals surface area contributed by atoms with Gasteiger partial charge in [-0.15, -0.1) is 0 Å². The molecule has 0 spiro atoms. The summed E-state index contributed by atoms with van der Waals surface area (Å²) in [5.41, 5.74) is -0.476. The second-order valence-electron chi connectivity index (χ2n) is 8.05. The number of rotatable bonds is 8. The lowest BCUT2D eigenvalue weighted by Gasteiger charge is -2.22. The van der Waals surface area contributed by atoms with Crippen LogP contribution in [0.4, 0.5) is 0 Å². The molecule has 33 heavy (non-hydrogen) atoms. The Balaban J connectivity index is 2.33. The number of fused-ring (bicyclic) bond motifs is 1. The Morgan fingerprint density at radius 3 is 2.21 bits per heavy atom. The van der Waals surface area contributed by atoms with Gasteiger partial charge in [-0.2, -0.15) is 0 Å². The molecule has 0 saturated carbocycles. The SMILES string of the molecule is COc1ccc(-c2oc3cc(OC(C)(C)C)cc(OC)c3c(=O)c2OCC(=O)O)cc1OC. The van der Waals surface area contributed by atoms with Crippen LogP contribution in [0.1, 0.15) is 20.8 Å². The van der Waals surface area contributed by atoms with Gasteiger partial charge in [-0.05, 0) is 39.0 Å². The van der Waals surface area contributed by atoms with Gasteiger partial charge in [-0.1, -0.05) is 0 Å². The molecular weight excluding hydrogens is 432 g/mol. The molecule has 0 unspecified atom stereocenters. The van der Waals surface area contributed by atoms with Crippen molar-refractivity contribution in [2.45, 2.75) is 26.4 Å². The third-order valence-electron chi connectivity index (χ3n) is 4.52. The lowest BCUT2D eigenvalue weighted by Crippen LogP contribution is -2.23. The number of carboxylic acid groups (broad SMARTS) is 1.